The summed E-state index contributed by atoms with van der Waals surface area (Å²) in [6, 6.07) is 47.4. The van der Waals surface area contributed by atoms with Crippen molar-refractivity contribution in [3.63, 3.8) is 0 Å². The molecule has 0 radical (unpaired) electrons. The lowest BCUT2D eigenvalue weighted by Crippen LogP contribution is -2.24. The van der Waals surface area contributed by atoms with E-state index in [2.05, 4.69) is 35.8 Å². The van der Waals surface area contributed by atoms with Crippen LogP contribution in [0.25, 0.3) is 84.4 Å². The van der Waals surface area contributed by atoms with Crippen LogP contribution in [-0.4, -0.2) is 58.2 Å². The maximum Gasteiger partial charge on any atom is 0.263 e. The summed E-state index contributed by atoms with van der Waals surface area (Å²) in [6.45, 7) is 2.15. The van der Waals surface area contributed by atoms with Crippen molar-refractivity contribution in [3.05, 3.63) is 187 Å². The van der Waals surface area contributed by atoms with Crippen molar-refractivity contribution in [1.82, 2.24) is 39.4 Å². The van der Waals surface area contributed by atoms with Crippen LogP contribution in [-0.2, 0) is 5.41 Å². The Morgan fingerprint density at radius 1 is 0.500 bits per heavy atom. The van der Waals surface area contributed by atoms with Gasteiger partial charge in [-0.05, 0) is 61.9 Å². The maximum absolute atomic E-state index is 13.7. The van der Waals surface area contributed by atoms with Crippen molar-refractivity contribution >= 4 is 33.6 Å². The summed E-state index contributed by atoms with van der Waals surface area (Å²) < 4.78 is 2.06. The molecule has 1 atom stereocenters. The van der Waals surface area contributed by atoms with Crippen molar-refractivity contribution < 1.29 is 9.59 Å². The molecule has 0 fully saturated rings. The SMILES string of the molecule is CN1C(=O)c2cccc(-n3c4ccc(-c5nc(-c6ccccc6)nc(-c6ccccc6)n5)cc4c4cc(-c5nc(-c6ccccc6)nc(C6(C)C=CC=CC6)n5)ccc43)c2C1=O. The molecule has 0 saturated carbocycles. The van der Waals surface area contributed by atoms with Gasteiger partial charge in [0.1, 0.15) is 5.82 Å². The molecule has 0 saturated heterocycles. The summed E-state index contributed by atoms with van der Waals surface area (Å²) in [5.41, 5.74) is 6.79. The molecule has 6 aromatic carbocycles. The molecule has 4 heterocycles. The predicted molar refractivity (Wildman–Crippen MR) is 241 cm³/mol. The number of rotatable bonds is 7. The number of imide groups is 1. The standard InChI is InChI=1S/C52H36N8O2/c1-52(28-13-6-14-29-52)51-57-46(34-20-11-5-12-21-34)56-48(58-51)36-25-27-41-39(31-36)38-30-35(24-26-40(38)60(41)42-23-15-22-37-43(42)50(62)59(2)49(37)61)47-54-44(32-16-7-3-8-17-32)53-45(55-47)33-18-9-4-10-19-33/h3-28,30-31H,29H2,1-2H3. The first-order valence-corrected chi connectivity index (χ1v) is 20.4. The first-order chi connectivity index (χ1) is 30.3. The van der Waals surface area contributed by atoms with Gasteiger partial charge in [-0.25, -0.2) is 29.9 Å². The van der Waals surface area contributed by atoms with Crippen LogP contribution in [0.15, 0.2) is 170 Å². The topological polar surface area (TPSA) is 120 Å². The average Bonchev–Trinajstić information content (AvgIpc) is 3.77. The van der Waals surface area contributed by atoms with Gasteiger partial charge in [0, 0.05) is 51.1 Å². The number of benzene rings is 6. The molecule has 0 spiro atoms. The van der Waals surface area contributed by atoms with Crippen molar-refractivity contribution in [3.8, 4) is 62.6 Å². The number of amides is 2. The van der Waals surface area contributed by atoms with E-state index in [4.69, 9.17) is 29.9 Å². The van der Waals surface area contributed by atoms with Crippen LogP contribution in [0.3, 0.4) is 0 Å². The molecule has 3 aromatic heterocycles. The van der Waals surface area contributed by atoms with Gasteiger partial charge in [0.2, 0.25) is 0 Å². The largest absolute Gasteiger partial charge is 0.308 e. The van der Waals surface area contributed by atoms with Crippen molar-refractivity contribution in [2.75, 3.05) is 7.05 Å². The highest BCUT2D eigenvalue weighted by molar-refractivity contribution is 6.23. The fraction of sp³-hybridized carbons (Fsp3) is 0.0769. The maximum atomic E-state index is 13.7. The molecule has 2 amide bonds. The predicted octanol–water partition coefficient (Wildman–Crippen LogP) is 10.5. The molecule has 0 N–H and O–H groups in total. The molecule has 296 valence electrons. The number of hydrogen-bond donors (Lipinski definition) is 0. The van der Waals surface area contributed by atoms with Crippen LogP contribution in [0.2, 0.25) is 0 Å². The first-order valence-electron chi connectivity index (χ1n) is 20.4. The molecule has 1 aliphatic carbocycles. The van der Waals surface area contributed by atoms with E-state index < -0.39 is 5.41 Å². The van der Waals surface area contributed by atoms with Crippen LogP contribution in [0.4, 0.5) is 0 Å². The highest BCUT2D eigenvalue weighted by atomic mass is 16.2. The van der Waals surface area contributed by atoms with Gasteiger partial charge in [0.05, 0.1) is 27.8 Å². The van der Waals surface area contributed by atoms with E-state index in [9.17, 15) is 9.59 Å². The summed E-state index contributed by atoms with van der Waals surface area (Å²) in [5.74, 6) is 2.76. The summed E-state index contributed by atoms with van der Waals surface area (Å²) >= 11 is 0. The van der Waals surface area contributed by atoms with Gasteiger partial charge >= 0.3 is 0 Å². The number of allylic oxidation sites excluding steroid dienone is 4. The Kier molecular flexibility index (Phi) is 8.60. The minimum Gasteiger partial charge on any atom is -0.308 e. The number of aromatic nitrogens is 7. The molecule has 1 unspecified atom stereocenters. The minimum absolute atomic E-state index is 0.327. The second-order valence-electron chi connectivity index (χ2n) is 15.8. The van der Waals surface area contributed by atoms with E-state index in [1.165, 1.54) is 11.9 Å². The lowest BCUT2D eigenvalue weighted by Gasteiger charge is -2.25. The van der Waals surface area contributed by atoms with Gasteiger partial charge in [-0.2, -0.15) is 0 Å². The molecule has 2 aliphatic rings. The Hall–Kier alpha value is -8.24. The van der Waals surface area contributed by atoms with Gasteiger partial charge in [0.25, 0.3) is 11.8 Å². The summed E-state index contributed by atoms with van der Waals surface area (Å²) in [7, 11) is 1.52. The van der Waals surface area contributed by atoms with Gasteiger partial charge in [-0.3, -0.25) is 14.5 Å². The van der Waals surface area contributed by atoms with Crippen molar-refractivity contribution in [2.24, 2.45) is 0 Å². The molecule has 0 bridgehead atoms. The third-order valence-corrected chi connectivity index (χ3v) is 11.7. The van der Waals surface area contributed by atoms with E-state index in [1.54, 1.807) is 6.07 Å². The first kappa shape index (κ1) is 36.8. The molecule has 9 aromatic rings. The van der Waals surface area contributed by atoms with E-state index in [-0.39, 0.29) is 11.8 Å². The number of hydrogen-bond acceptors (Lipinski definition) is 8. The van der Waals surface area contributed by atoms with E-state index in [0.29, 0.717) is 51.8 Å². The Bertz CT molecular complexity index is 3290. The van der Waals surface area contributed by atoms with Crippen molar-refractivity contribution in [2.45, 2.75) is 18.8 Å². The van der Waals surface area contributed by atoms with Crippen LogP contribution >= 0.6 is 0 Å². The van der Waals surface area contributed by atoms with Crippen LogP contribution < -0.4 is 0 Å². The van der Waals surface area contributed by atoms with Gasteiger partial charge in [-0.15, -0.1) is 0 Å². The zero-order chi connectivity index (χ0) is 42.0. The normalized spacial score (nSPS) is 15.8. The summed E-state index contributed by atoms with van der Waals surface area (Å²) in [6.07, 6.45) is 9.13. The lowest BCUT2D eigenvalue weighted by molar-refractivity contribution is 0.0693. The van der Waals surface area contributed by atoms with Crippen molar-refractivity contribution in [1.29, 1.82) is 0 Å². The Labute approximate surface area is 356 Å². The monoisotopic (exact) mass is 804 g/mol. The highest BCUT2D eigenvalue weighted by Crippen LogP contribution is 2.40. The third-order valence-electron chi connectivity index (χ3n) is 11.7. The fourth-order valence-electron chi connectivity index (χ4n) is 8.44. The van der Waals surface area contributed by atoms with Gasteiger partial charge in [-0.1, -0.05) is 121 Å². The van der Waals surface area contributed by atoms with Gasteiger partial charge in [0.15, 0.2) is 29.1 Å². The number of carbonyl (C=O) groups excluding carboxylic acids is 2. The molecular formula is C52H36N8O2. The Morgan fingerprint density at radius 2 is 0.984 bits per heavy atom. The molecule has 1 aliphatic heterocycles. The Morgan fingerprint density at radius 3 is 1.48 bits per heavy atom. The highest BCUT2D eigenvalue weighted by Gasteiger charge is 2.36. The van der Waals surface area contributed by atoms with Crippen LogP contribution in [0, 0.1) is 0 Å². The fourth-order valence-corrected chi connectivity index (χ4v) is 8.44. The minimum atomic E-state index is -0.433. The molecular weight excluding hydrogens is 769 g/mol. The van der Waals surface area contributed by atoms with E-state index in [1.807, 2.05) is 140 Å². The second kappa shape index (κ2) is 14.5. The molecule has 10 nitrogen and oxygen atoms in total. The number of carbonyl (C=O) groups is 2. The van der Waals surface area contributed by atoms with Gasteiger partial charge < -0.3 is 4.57 Å². The molecule has 62 heavy (non-hydrogen) atoms. The summed E-state index contributed by atoms with van der Waals surface area (Å²) in [5, 5.41) is 1.77. The van der Waals surface area contributed by atoms with Crippen LogP contribution in [0.5, 0.6) is 0 Å². The second-order valence-corrected chi connectivity index (χ2v) is 15.8. The smallest absolute Gasteiger partial charge is 0.263 e. The van der Waals surface area contributed by atoms with Crippen LogP contribution in [0.1, 0.15) is 39.9 Å². The quantitative estimate of drug-likeness (QED) is 0.146. The Balaban J connectivity index is 1.16. The summed E-state index contributed by atoms with van der Waals surface area (Å²) in [4.78, 5) is 58.5. The molecule has 10 heteroatoms. The van der Waals surface area contributed by atoms with E-state index in [0.717, 1.165) is 56.0 Å². The zero-order valence-electron chi connectivity index (χ0n) is 33.8. The number of nitrogens with zero attached hydrogens (tertiary/aromatic N) is 8. The lowest BCUT2D eigenvalue weighted by atomic mass is 9.83. The van der Waals surface area contributed by atoms with E-state index >= 15 is 0 Å². The third kappa shape index (κ3) is 6.11. The zero-order valence-corrected chi connectivity index (χ0v) is 33.8. The molecule has 11 rings (SSSR count). The average molecular weight is 805 g/mol. The number of fused-ring (bicyclic) bond motifs is 4.